The Bertz CT molecular complexity index is 1640. The van der Waals surface area contributed by atoms with Crippen LogP contribution in [0.15, 0.2) is 58.8 Å². The molecule has 3 heterocycles. The molecule has 2 aromatic heterocycles. The molecule has 0 saturated carbocycles. The van der Waals surface area contributed by atoms with E-state index in [4.69, 9.17) is 16.3 Å². The van der Waals surface area contributed by atoms with E-state index in [1.165, 1.54) is 19.2 Å². The number of hydrogen-bond acceptors (Lipinski definition) is 7. The predicted molar refractivity (Wildman–Crippen MR) is 145 cm³/mol. The molecule has 1 atom stereocenters. The van der Waals surface area contributed by atoms with Gasteiger partial charge in [-0.15, -0.1) is 11.3 Å². The van der Waals surface area contributed by atoms with Crippen molar-refractivity contribution < 1.29 is 26.7 Å². The second-order valence-electron chi connectivity index (χ2n) is 9.06. The Hall–Kier alpha value is -3.26. The first-order valence-corrected chi connectivity index (χ1v) is 14.5. The normalized spacial score (nSPS) is 16.9. The number of nitrogens with one attached hydrogen (secondary N) is 3. The third kappa shape index (κ3) is 6.01. The van der Waals surface area contributed by atoms with Gasteiger partial charge in [-0.1, -0.05) is 41.9 Å². The van der Waals surface area contributed by atoms with Crippen LogP contribution in [0.25, 0.3) is 10.9 Å². The van der Waals surface area contributed by atoms with Crippen LogP contribution in [0.1, 0.15) is 17.5 Å². The summed E-state index contributed by atoms with van der Waals surface area (Å²) in [5, 5.41) is 10.3. The van der Waals surface area contributed by atoms with Crippen molar-refractivity contribution in [2.24, 2.45) is 0 Å². The quantitative estimate of drug-likeness (QED) is 0.267. The van der Waals surface area contributed by atoms with Gasteiger partial charge >= 0.3 is 0 Å². The summed E-state index contributed by atoms with van der Waals surface area (Å²) in [6.07, 6.45) is -0.527. The summed E-state index contributed by atoms with van der Waals surface area (Å²) in [6, 6.07) is 14.7. The second kappa shape index (κ2) is 10.7. The first kappa shape index (κ1) is 27.3. The Morgan fingerprint density at radius 1 is 1.23 bits per heavy atom. The molecular weight excluding hydrogens is 572 g/mol. The van der Waals surface area contributed by atoms with Crippen molar-refractivity contribution in [1.82, 2.24) is 20.4 Å². The van der Waals surface area contributed by atoms with E-state index in [1.807, 2.05) is 24.3 Å². The van der Waals surface area contributed by atoms with E-state index < -0.39 is 40.9 Å². The zero-order valence-electron chi connectivity index (χ0n) is 20.6. The predicted octanol–water partition coefficient (Wildman–Crippen LogP) is 4.22. The van der Waals surface area contributed by atoms with Crippen LogP contribution in [-0.2, 0) is 27.9 Å². The van der Waals surface area contributed by atoms with Crippen LogP contribution in [0.3, 0.4) is 0 Å². The number of halogens is 3. The minimum Gasteiger partial charge on any atom is -0.496 e. The summed E-state index contributed by atoms with van der Waals surface area (Å²) in [6.45, 7) is -0.0602. The number of thiophene rings is 1. The number of ether oxygens (including phenoxy) is 1. The largest absolute Gasteiger partial charge is 0.496 e. The molecule has 0 aliphatic carbocycles. The summed E-state index contributed by atoms with van der Waals surface area (Å²) < 4.78 is 62.9. The Kier molecular flexibility index (Phi) is 7.51. The van der Waals surface area contributed by atoms with Crippen molar-refractivity contribution in [3.63, 3.8) is 0 Å². The number of hydrogen-bond donors (Lipinski definition) is 3. The molecule has 1 aliphatic heterocycles. The molecule has 2 aromatic carbocycles. The van der Waals surface area contributed by atoms with Crippen molar-refractivity contribution >= 4 is 55.6 Å². The number of rotatable bonds is 9. The molecule has 0 spiro atoms. The van der Waals surface area contributed by atoms with Crippen LogP contribution in [0.4, 0.5) is 14.6 Å². The van der Waals surface area contributed by atoms with Crippen LogP contribution in [-0.4, -0.2) is 49.7 Å². The average molecular weight is 596 g/mol. The minimum absolute atomic E-state index is 0.0522. The summed E-state index contributed by atoms with van der Waals surface area (Å²) in [5.41, 5.74) is 2.25. The van der Waals surface area contributed by atoms with E-state index in [2.05, 4.69) is 20.5 Å². The lowest BCUT2D eigenvalue weighted by Crippen LogP contribution is -2.40. The van der Waals surface area contributed by atoms with E-state index in [0.717, 1.165) is 22.5 Å². The fraction of sp³-hybridized carbons (Fsp3) is 0.280. The topological polar surface area (TPSA) is 114 Å². The highest BCUT2D eigenvalue weighted by atomic mass is 35.5. The molecule has 1 aliphatic rings. The van der Waals surface area contributed by atoms with Gasteiger partial charge in [0.1, 0.15) is 9.96 Å². The van der Waals surface area contributed by atoms with E-state index in [0.29, 0.717) is 21.0 Å². The molecule has 1 amide bonds. The maximum Gasteiger partial charge on any atom is 0.272 e. The number of carbonyl (C=O) groups excluding carboxylic acids is 1. The fourth-order valence-electron chi connectivity index (χ4n) is 4.40. The molecule has 0 radical (unpaired) electrons. The van der Waals surface area contributed by atoms with Crippen LogP contribution in [0, 0.1) is 0 Å². The highest BCUT2D eigenvalue weighted by Gasteiger charge is 2.42. The van der Waals surface area contributed by atoms with E-state index >= 15 is 0 Å². The maximum atomic E-state index is 13.4. The summed E-state index contributed by atoms with van der Waals surface area (Å²) in [4.78, 5) is 12.3. The van der Waals surface area contributed by atoms with Crippen LogP contribution < -0.4 is 20.1 Å². The smallest absolute Gasteiger partial charge is 0.272 e. The number of alkyl halides is 2. The van der Waals surface area contributed by atoms with E-state index in [9.17, 15) is 22.0 Å². The average Bonchev–Trinajstić information content (AvgIpc) is 3.60. The lowest BCUT2D eigenvalue weighted by molar-refractivity contribution is -0.123. The first-order valence-electron chi connectivity index (χ1n) is 11.8. The van der Waals surface area contributed by atoms with E-state index in [1.54, 1.807) is 22.9 Å². The molecule has 1 fully saturated rings. The lowest BCUT2D eigenvalue weighted by Gasteiger charge is -2.12. The molecule has 0 bridgehead atoms. The Morgan fingerprint density at radius 3 is 2.69 bits per heavy atom. The molecule has 3 N–H and O–H groups in total. The number of sulfonamides is 1. The zero-order valence-corrected chi connectivity index (χ0v) is 23.0. The first-order chi connectivity index (χ1) is 18.5. The summed E-state index contributed by atoms with van der Waals surface area (Å²) in [5.74, 6) is -2.81. The molecule has 14 heteroatoms. The Balaban J connectivity index is 1.37. The summed E-state index contributed by atoms with van der Waals surface area (Å²) in [7, 11) is -2.46. The second-order valence-corrected chi connectivity index (χ2v) is 12.7. The third-order valence-corrected chi connectivity index (χ3v) is 9.28. The van der Waals surface area contributed by atoms with Gasteiger partial charge in [0, 0.05) is 13.0 Å². The molecule has 39 heavy (non-hydrogen) atoms. The third-order valence-electron chi connectivity index (χ3n) is 6.22. The maximum absolute atomic E-state index is 13.4. The molecule has 4 aromatic rings. The summed E-state index contributed by atoms with van der Waals surface area (Å²) >= 11 is 6.87. The van der Waals surface area contributed by atoms with Gasteiger partial charge in [-0.05, 0) is 35.4 Å². The number of fused-ring (bicyclic) bond motifs is 1. The molecule has 5 rings (SSSR count). The van der Waals surface area contributed by atoms with Gasteiger partial charge in [0.15, 0.2) is 5.82 Å². The van der Waals surface area contributed by atoms with Gasteiger partial charge in [0.2, 0.25) is 5.91 Å². The van der Waals surface area contributed by atoms with Crippen molar-refractivity contribution in [3.05, 3.63) is 70.1 Å². The van der Waals surface area contributed by atoms with Gasteiger partial charge in [0.05, 0.1) is 41.5 Å². The molecule has 0 unspecified atom stereocenters. The number of nitrogens with zero attached hydrogens (tertiary/aromatic N) is 2. The number of amides is 1. The number of methoxy groups -OCH3 is 1. The monoisotopic (exact) mass is 595 g/mol. The molecule has 9 nitrogen and oxygen atoms in total. The number of carbonyl (C=O) groups is 1. The van der Waals surface area contributed by atoms with E-state index in [-0.39, 0.29) is 23.1 Å². The van der Waals surface area contributed by atoms with Gasteiger partial charge in [-0.25, -0.2) is 17.2 Å². The number of benzene rings is 2. The molecule has 206 valence electrons. The minimum atomic E-state index is -3.94. The van der Waals surface area contributed by atoms with Crippen LogP contribution >= 0.6 is 22.9 Å². The van der Waals surface area contributed by atoms with Gasteiger partial charge < -0.3 is 10.1 Å². The number of aromatic nitrogens is 2. The molecular formula is C25H24ClF2N5O4S2. The van der Waals surface area contributed by atoms with Crippen molar-refractivity contribution in [2.45, 2.75) is 35.7 Å². The lowest BCUT2D eigenvalue weighted by atomic mass is 10.1. The van der Waals surface area contributed by atoms with Crippen molar-refractivity contribution in [3.8, 4) is 5.75 Å². The Morgan fingerprint density at radius 2 is 2.00 bits per heavy atom. The zero-order chi connectivity index (χ0) is 27.8. The van der Waals surface area contributed by atoms with Crippen LogP contribution in [0.2, 0.25) is 4.34 Å². The Labute approximate surface area is 232 Å². The number of anilines is 1. The van der Waals surface area contributed by atoms with Gasteiger partial charge in [-0.3, -0.25) is 19.5 Å². The highest BCUT2D eigenvalue weighted by molar-refractivity contribution is 7.94. The van der Waals surface area contributed by atoms with Crippen molar-refractivity contribution in [1.29, 1.82) is 0 Å². The fourth-order valence-corrected chi connectivity index (χ4v) is 6.90. The van der Waals surface area contributed by atoms with Gasteiger partial charge in [-0.2, -0.15) is 5.10 Å². The van der Waals surface area contributed by atoms with Crippen molar-refractivity contribution in [2.75, 3.05) is 18.4 Å². The molecule has 1 saturated heterocycles. The van der Waals surface area contributed by atoms with Crippen LogP contribution in [0.5, 0.6) is 5.75 Å². The van der Waals surface area contributed by atoms with Gasteiger partial charge in [0.25, 0.3) is 15.9 Å². The standard InChI is InChI=1S/C25H24ClF2N5O4S2/c1-37-19-7-3-6-18-22(19)23(32-39(35,36)21-9-8-20(26)38-21)31-33(18)13-16-5-2-4-15(10-16)12-29-24(34)17-11-25(27,28)14-30-17/h2-10,17,30H,11-14H2,1H3,(H,29,34)(H,31,32)/t17-/m1/s1. The SMILES string of the molecule is COc1cccc2c1c(NS(=O)(=O)c1ccc(Cl)s1)nn2Cc1cccc(CNC(=O)[C@H]2CC(F)(F)CN2)c1. The highest BCUT2D eigenvalue weighted by Crippen LogP contribution is 2.35.